The Labute approximate surface area is 109 Å². The third kappa shape index (κ3) is 2.79. The minimum absolute atomic E-state index is 0.0887. The fraction of sp³-hybridized carbons (Fsp3) is 0.400. The van der Waals surface area contributed by atoms with E-state index >= 15 is 0 Å². The van der Waals surface area contributed by atoms with E-state index in [-0.39, 0.29) is 6.04 Å². The number of hydrogen-bond donors (Lipinski definition) is 1. The fourth-order valence-electron chi connectivity index (χ4n) is 2.27. The highest BCUT2D eigenvalue weighted by molar-refractivity contribution is 5.35. The Kier molecular flexibility index (Phi) is 3.82. The summed E-state index contributed by atoms with van der Waals surface area (Å²) in [7, 11) is 0. The van der Waals surface area contributed by atoms with Crippen LogP contribution in [0, 0.1) is 13.8 Å². The summed E-state index contributed by atoms with van der Waals surface area (Å²) >= 11 is 0. The van der Waals surface area contributed by atoms with Gasteiger partial charge >= 0.3 is 0 Å². The van der Waals surface area contributed by atoms with Gasteiger partial charge < -0.3 is 5.73 Å². The molecule has 1 atom stereocenters. The largest absolute Gasteiger partial charge is 0.320 e. The van der Waals surface area contributed by atoms with E-state index < -0.39 is 0 Å². The zero-order valence-corrected chi connectivity index (χ0v) is 11.4. The molecule has 0 bridgehead atoms. The van der Waals surface area contributed by atoms with Gasteiger partial charge in [0, 0.05) is 18.3 Å². The third-order valence-corrected chi connectivity index (χ3v) is 3.07. The molecule has 1 aromatic carbocycles. The van der Waals surface area contributed by atoms with Crippen molar-refractivity contribution in [1.29, 1.82) is 0 Å². The average molecular weight is 243 g/mol. The Bertz CT molecular complexity index is 508. The summed E-state index contributed by atoms with van der Waals surface area (Å²) < 4.78 is 1.96. The SMILES string of the molecule is CCCn1cc(C(N)c2cc(C)cc(C)c2)cn1. The van der Waals surface area contributed by atoms with Crippen molar-refractivity contribution in [2.24, 2.45) is 5.73 Å². The number of hydrogen-bond acceptors (Lipinski definition) is 2. The summed E-state index contributed by atoms with van der Waals surface area (Å²) in [4.78, 5) is 0. The van der Waals surface area contributed by atoms with Crippen LogP contribution in [0.2, 0.25) is 0 Å². The van der Waals surface area contributed by atoms with Crippen LogP contribution in [-0.4, -0.2) is 9.78 Å². The maximum Gasteiger partial charge on any atom is 0.0583 e. The molecule has 0 spiro atoms. The van der Waals surface area contributed by atoms with E-state index in [1.807, 2.05) is 17.1 Å². The number of rotatable bonds is 4. The molecule has 0 fully saturated rings. The average Bonchev–Trinajstić information content (AvgIpc) is 2.76. The van der Waals surface area contributed by atoms with Gasteiger partial charge in [0.15, 0.2) is 0 Å². The summed E-state index contributed by atoms with van der Waals surface area (Å²) in [5.74, 6) is 0. The minimum atomic E-state index is -0.0887. The molecule has 0 amide bonds. The normalized spacial score (nSPS) is 12.7. The van der Waals surface area contributed by atoms with Crippen LogP contribution in [-0.2, 0) is 6.54 Å². The second kappa shape index (κ2) is 5.36. The van der Waals surface area contributed by atoms with Crippen LogP contribution in [0.1, 0.15) is 41.6 Å². The second-order valence-corrected chi connectivity index (χ2v) is 4.94. The molecule has 0 aliphatic rings. The molecule has 0 saturated carbocycles. The molecule has 96 valence electrons. The molecule has 0 aliphatic carbocycles. The first kappa shape index (κ1) is 12.8. The van der Waals surface area contributed by atoms with Crippen molar-refractivity contribution < 1.29 is 0 Å². The first-order valence-electron chi connectivity index (χ1n) is 6.46. The predicted octanol–water partition coefficient (Wildman–Crippen LogP) is 2.96. The molecular formula is C15H21N3. The zero-order chi connectivity index (χ0) is 13.1. The molecule has 2 aromatic rings. The third-order valence-electron chi connectivity index (χ3n) is 3.07. The maximum absolute atomic E-state index is 6.31. The van der Waals surface area contributed by atoms with Gasteiger partial charge in [-0.05, 0) is 25.8 Å². The smallest absolute Gasteiger partial charge is 0.0583 e. The molecule has 3 heteroatoms. The zero-order valence-electron chi connectivity index (χ0n) is 11.4. The molecule has 0 aliphatic heterocycles. The summed E-state index contributed by atoms with van der Waals surface area (Å²) in [6.07, 6.45) is 5.00. The van der Waals surface area contributed by atoms with Crippen molar-refractivity contribution in [3.05, 3.63) is 52.8 Å². The highest BCUT2D eigenvalue weighted by atomic mass is 15.3. The summed E-state index contributed by atoms with van der Waals surface area (Å²) in [6, 6.07) is 6.37. The van der Waals surface area contributed by atoms with E-state index in [1.165, 1.54) is 11.1 Å². The Morgan fingerprint density at radius 2 is 1.83 bits per heavy atom. The lowest BCUT2D eigenvalue weighted by Crippen LogP contribution is -2.11. The van der Waals surface area contributed by atoms with Crippen LogP contribution in [0.3, 0.4) is 0 Å². The number of aryl methyl sites for hydroxylation is 3. The quantitative estimate of drug-likeness (QED) is 0.897. The highest BCUT2D eigenvalue weighted by Crippen LogP contribution is 2.21. The van der Waals surface area contributed by atoms with Gasteiger partial charge in [-0.1, -0.05) is 36.2 Å². The molecule has 0 radical (unpaired) electrons. The van der Waals surface area contributed by atoms with E-state index in [4.69, 9.17) is 5.73 Å². The second-order valence-electron chi connectivity index (χ2n) is 4.94. The van der Waals surface area contributed by atoms with Crippen molar-refractivity contribution in [2.45, 2.75) is 39.8 Å². The van der Waals surface area contributed by atoms with Crippen LogP contribution in [0.25, 0.3) is 0 Å². The van der Waals surface area contributed by atoms with Gasteiger partial charge in [-0.2, -0.15) is 5.10 Å². The van der Waals surface area contributed by atoms with E-state index in [9.17, 15) is 0 Å². The summed E-state index contributed by atoms with van der Waals surface area (Å²) in [6.45, 7) is 7.29. The minimum Gasteiger partial charge on any atom is -0.320 e. The van der Waals surface area contributed by atoms with Crippen molar-refractivity contribution in [3.63, 3.8) is 0 Å². The van der Waals surface area contributed by atoms with Gasteiger partial charge in [0.05, 0.1) is 12.2 Å². The van der Waals surface area contributed by atoms with Crippen molar-refractivity contribution in [2.75, 3.05) is 0 Å². The monoisotopic (exact) mass is 243 g/mol. The molecular weight excluding hydrogens is 222 g/mol. The van der Waals surface area contributed by atoms with Gasteiger partial charge in [0.1, 0.15) is 0 Å². The lowest BCUT2D eigenvalue weighted by Gasteiger charge is -2.12. The van der Waals surface area contributed by atoms with Gasteiger partial charge in [0.2, 0.25) is 0 Å². The summed E-state index contributed by atoms with van der Waals surface area (Å²) in [5.41, 5.74) is 11.0. The molecule has 1 aromatic heterocycles. The van der Waals surface area contributed by atoms with E-state index in [0.29, 0.717) is 0 Å². The van der Waals surface area contributed by atoms with Crippen LogP contribution in [0.15, 0.2) is 30.6 Å². The lowest BCUT2D eigenvalue weighted by molar-refractivity contribution is 0.602. The van der Waals surface area contributed by atoms with Gasteiger partial charge in [-0.3, -0.25) is 4.68 Å². The molecule has 2 N–H and O–H groups in total. The molecule has 2 rings (SSSR count). The molecule has 3 nitrogen and oxygen atoms in total. The molecule has 1 unspecified atom stereocenters. The fourth-order valence-corrected chi connectivity index (χ4v) is 2.27. The highest BCUT2D eigenvalue weighted by Gasteiger charge is 2.11. The first-order chi connectivity index (χ1) is 8.60. The van der Waals surface area contributed by atoms with Gasteiger partial charge in [-0.15, -0.1) is 0 Å². The Morgan fingerprint density at radius 1 is 1.17 bits per heavy atom. The van der Waals surface area contributed by atoms with Crippen molar-refractivity contribution in [3.8, 4) is 0 Å². The first-order valence-corrected chi connectivity index (χ1v) is 6.46. The Balaban J connectivity index is 2.26. The van der Waals surface area contributed by atoms with Gasteiger partial charge in [0.25, 0.3) is 0 Å². The van der Waals surface area contributed by atoms with Crippen LogP contribution in [0.5, 0.6) is 0 Å². The van der Waals surface area contributed by atoms with E-state index in [1.54, 1.807) is 0 Å². The predicted molar refractivity (Wildman–Crippen MR) is 74.5 cm³/mol. The maximum atomic E-state index is 6.31. The van der Waals surface area contributed by atoms with Crippen LogP contribution < -0.4 is 5.73 Å². The topological polar surface area (TPSA) is 43.8 Å². The van der Waals surface area contributed by atoms with Crippen LogP contribution >= 0.6 is 0 Å². The number of nitrogens with two attached hydrogens (primary N) is 1. The number of benzene rings is 1. The van der Waals surface area contributed by atoms with Crippen molar-refractivity contribution in [1.82, 2.24) is 9.78 Å². The molecule has 0 saturated heterocycles. The van der Waals surface area contributed by atoms with Crippen molar-refractivity contribution >= 4 is 0 Å². The van der Waals surface area contributed by atoms with Gasteiger partial charge in [-0.25, -0.2) is 0 Å². The lowest BCUT2D eigenvalue weighted by atomic mass is 9.98. The van der Waals surface area contributed by atoms with E-state index in [0.717, 1.165) is 24.1 Å². The van der Waals surface area contributed by atoms with E-state index in [2.05, 4.69) is 44.1 Å². The molecule has 1 heterocycles. The molecule has 18 heavy (non-hydrogen) atoms. The number of nitrogens with zero attached hydrogens (tertiary/aromatic N) is 2. The summed E-state index contributed by atoms with van der Waals surface area (Å²) in [5, 5.41) is 4.33. The Hall–Kier alpha value is -1.61. The number of aromatic nitrogens is 2. The van der Waals surface area contributed by atoms with Crippen LogP contribution in [0.4, 0.5) is 0 Å². The standard InChI is InChI=1S/C15H21N3/c1-4-5-18-10-14(9-17-18)15(16)13-7-11(2)6-12(3)8-13/h6-10,15H,4-5,16H2,1-3H3. The Morgan fingerprint density at radius 3 is 2.44 bits per heavy atom.